The summed E-state index contributed by atoms with van der Waals surface area (Å²) in [6, 6.07) is 6.19. The lowest BCUT2D eigenvalue weighted by molar-refractivity contribution is -0.117. The van der Waals surface area contributed by atoms with E-state index in [4.69, 9.17) is 0 Å². The van der Waals surface area contributed by atoms with Gasteiger partial charge in [-0.25, -0.2) is 0 Å². The molecule has 1 heterocycles. The molecule has 0 N–H and O–H groups in total. The van der Waals surface area contributed by atoms with Crippen molar-refractivity contribution in [1.82, 2.24) is 0 Å². The predicted molar refractivity (Wildman–Crippen MR) is 59.9 cm³/mol. The van der Waals surface area contributed by atoms with Crippen LogP contribution in [0.5, 0.6) is 0 Å². The van der Waals surface area contributed by atoms with Gasteiger partial charge in [0.05, 0.1) is 10.9 Å². The number of carbonyl (C=O) groups is 1. The molecule has 0 saturated heterocycles. The first-order valence-corrected chi connectivity index (χ1v) is 5.52. The van der Waals surface area contributed by atoms with Crippen LogP contribution >= 0.6 is 11.8 Å². The van der Waals surface area contributed by atoms with E-state index in [1.807, 2.05) is 26.1 Å². The first-order valence-electron chi connectivity index (χ1n) is 4.64. The zero-order valence-corrected chi connectivity index (χ0v) is 9.39. The summed E-state index contributed by atoms with van der Waals surface area (Å²) in [5.74, 6) is 0.186. The molecule has 0 saturated carbocycles. The Hall–Kier alpha value is -0.960. The quantitative estimate of drug-likeness (QED) is 0.651. The number of anilines is 1. The van der Waals surface area contributed by atoms with Gasteiger partial charge in [-0.05, 0) is 31.5 Å². The standard InChI is InChI=1S/C11H13NOS/c1-7-4-5-9-10(6-7)14-8(2)11(13)12(9)3/h4-6,8H,1-3H3. The van der Waals surface area contributed by atoms with E-state index < -0.39 is 0 Å². The normalized spacial score (nSPS) is 20.9. The Bertz CT molecular complexity index is 389. The van der Waals surface area contributed by atoms with Gasteiger partial charge in [0, 0.05) is 11.9 Å². The number of nitrogens with zero attached hydrogens (tertiary/aromatic N) is 1. The molecule has 1 atom stereocenters. The van der Waals surface area contributed by atoms with Crippen LogP contribution in [0.4, 0.5) is 5.69 Å². The molecule has 0 aliphatic carbocycles. The SMILES string of the molecule is Cc1ccc2c(c1)SC(C)C(=O)N2C. The van der Waals surface area contributed by atoms with Crippen molar-refractivity contribution in [3.8, 4) is 0 Å². The number of aryl methyl sites for hydroxylation is 1. The van der Waals surface area contributed by atoms with Crippen LogP contribution in [0.2, 0.25) is 0 Å². The first-order chi connectivity index (χ1) is 6.59. The number of hydrogen-bond donors (Lipinski definition) is 0. The Morgan fingerprint density at radius 2 is 2.14 bits per heavy atom. The van der Waals surface area contributed by atoms with Gasteiger partial charge < -0.3 is 4.90 Å². The summed E-state index contributed by atoms with van der Waals surface area (Å²) >= 11 is 1.65. The van der Waals surface area contributed by atoms with Gasteiger partial charge in [0.15, 0.2) is 0 Å². The topological polar surface area (TPSA) is 20.3 Å². The van der Waals surface area contributed by atoms with Gasteiger partial charge >= 0.3 is 0 Å². The maximum atomic E-state index is 11.7. The summed E-state index contributed by atoms with van der Waals surface area (Å²) in [5.41, 5.74) is 2.27. The van der Waals surface area contributed by atoms with Crippen molar-refractivity contribution < 1.29 is 4.79 Å². The molecule has 0 spiro atoms. The number of hydrogen-bond acceptors (Lipinski definition) is 2. The minimum Gasteiger partial charge on any atom is -0.313 e. The molecule has 2 nitrogen and oxygen atoms in total. The Morgan fingerprint density at radius 3 is 2.86 bits per heavy atom. The predicted octanol–water partition coefficient (Wildman–Crippen LogP) is 2.45. The van der Waals surface area contributed by atoms with Gasteiger partial charge in [0.25, 0.3) is 0 Å². The Balaban J connectivity index is 2.50. The van der Waals surface area contributed by atoms with Crippen LogP contribution in [0.1, 0.15) is 12.5 Å². The third kappa shape index (κ3) is 1.42. The van der Waals surface area contributed by atoms with Gasteiger partial charge in [0.2, 0.25) is 5.91 Å². The average Bonchev–Trinajstić information content (AvgIpc) is 2.14. The largest absolute Gasteiger partial charge is 0.313 e. The van der Waals surface area contributed by atoms with Crippen LogP contribution in [0.3, 0.4) is 0 Å². The van der Waals surface area contributed by atoms with E-state index in [9.17, 15) is 4.79 Å². The lowest BCUT2D eigenvalue weighted by atomic mass is 10.2. The van der Waals surface area contributed by atoms with E-state index in [2.05, 4.69) is 13.0 Å². The lowest BCUT2D eigenvalue weighted by Gasteiger charge is -2.29. The smallest absolute Gasteiger partial charge is 0.239 e. The Kier molecular flexibility index (Phi) is 2.27. The zero-order valence-electron chi connectivity index (χ0n) is 8.57. The van der Waals surface area contributed by atoms with Crippen molar-refractivity contribution in [2.75, 3.05) is 11.9 Å². The maximum Gasteiger partial charge on any atom is 0.239 e. The van der Waals surface area contributed by atoms with Crippen molar-refractivity contribution in [2.45, 2.75) is 24.0 Å². The number of fused-ring (bicyclic) bond motifs is 1. The third-order valence-electron chi connectivity index (χ3n) is 2.46. The van der Waals surface area contributed by atoms with E-state index in [1.165, 1.54) is 10.5 Å². The molecule has 1 aromatic rings. The third-order valence-corrected chi connectivity index (χ3v) is 3.59. The van der Waals surface area contributed by atoms with E-state index >= 15 is 0 Å². The van der Waals surface area contributed by atoms with E-state index in [1.54, 1.807) is 16.7 Å². The molecule has 3 heteroatoms. The van der Waals surface area contributed by atoms with Gasteiger partial charge in [-0.2, -0.15) is 0 Å². The molecule has 0 fully saturated rings. The summed E-state index contributed by atoms with van der Waals surface area (Å²) in [5, 5.41) is 0.0364. The first kappa shape index (κ1) is 9.59. The van der Waals surface area contributed by atoms with E-state index in [0.29, 0.717) is 0 Å². The molecule has 0 radical (unpaired) electrons. The van der Waals surface area contributed by atoms with Gasteiger partial charge in [-0.3, -0.25) is 4.79 Å². The fourth-order valence-corrected chi connectivity index (χ4v) is 2.84. The second kappa shape index (κ2) is 3.31. The number of rotatable bonds is 0. The van der Waals surface area contributed by atoms with Crippen LogP contribution < -0.4 is 4.90 Å². The highest BCUT2D eigenvalue weighted by atomic mass is 32.2. The zero-order chi connectivity index (χ0) is 10.3. The highest BCUT2D eigenvalue weighted by Gasteiger charge is 2.27. The van der Waals surface area contributed by atoms with Crippen LogP contribution in [0, 0.1) is 6.92 Å². The summed E-state index contributed by atoms with van der Waals surface area (Å²) in [6.45, 7) is 4.02. The van der Waals surface area contributed by atoms with E-state index in [0.717, 1.165) is 5.69 Å². The Labute approximate surface area is 88.3 Å². The molecular formula is C11H13NOS. The van der Waals surface area contributed by atoms with Crippen molar-refractivity contribution in [3.63, 3.8) is 0 Å². The van der Waals surface area contributed by atoms with Crippen molar-refractivity contribution in [3.05, 3.63) is 23.8 Å². The molecule has 1 amide bonds. The van der Waals surface area contributed by atoms with Crippen LogP contribution in [0.15, 0.2) is 23.1 Å². The highest BCUT2D eigenvalue weighted by Crippen LogP contribution is 2.38. The van der Waals surface area contributed by atoms with Crippen LogP contribution in [0.25, 0.3) is 0 Å². The molecule has 74 valence electrons. The minimum absolute atomic E-state index is 0.0364. The summed E-state index contributed by atoms with van der Waals surface area (Å²) in [6.07, 6.45) is 0. The van der Waals surface area contributed by atoms with Crippen molar-refractivity contribution in [2.24, 2.45) is 0 Å². The number of thioether (sulfide) groups is 1. The second-order valence-electron chi connectivity index (χ2n) is 3.63. The van der Waals surface area contributed by atoms with Crippen molar-refractivity contribution >= 4 is 23.4 Å². The monoisotopic (exact) mass is 207 g/mol. The minimum atomic E-state index is 0.0364. The molecule has 14 heavy (non-hydrogen) atoms. The van der Waals surface area contributed by atoms with Crippen LogP contribution in [-0.4, -0.2) is 18.2 Å². The van der Waals surface area contributed by atoms with Crippen molar-refractivity contribution in [1.29, 1.82) is 0 Å². The number of amides is 1. The molecule has 2 rings (SSSR count). The lowest BCUT2D eigenvalue weighted by Crippen LogP contribution is -2.36. The fourth-order valence-electron chi connectivity index (χ4n) is 1.63. The van der Waals surface area contributed by atoms with Gasteiger partial charge in [0.1, 0.15) is 0 Å². The van der Waals surface area contributed by atoms with Crippen LogP contribution in [-0.2, 0) is 4.79 Å². The molecule has 0 aromatic heterocycles. The molecule has 1 aromatic carbocycles. The second-order valence-corrected chi connectivity index (χ2v) is 5.01. The molecule has 0 bridgehead atoms. The van der Waals surface area contributed by atoms with Gasteiger partial charge in [-0.1, -0.05) is 6.07 Å². The average molecular weight is 207 g/mol. The fraction of sp³-hybridized carbons (Fsp3) is 0.364. The highest BCUT2D eigenvalue weighted by molar-refractivity contribution is 8.00. The summed E-state index contributed by atoms with van der Waals surface area (Å²) in [7, 11) is 1.84. The van der Waals surface area contributed by atoms with Gasteiger partial charge in [-0.15, -0.1) is 11.8 Å². The molecule has 1 aliphatic rings. The Morgan fingerprint density at radius 1 is 1.43 bits per heavy atom. The van der Waals surface area contributed by atoms with E-state index in [-0.39, 0.29) is 11.2 Å². The molecular weight excluding hydrogens is 194 g/mol. The number of benzene rings is 1. The molecule has 1 aliphatic heterocycles. The summed E-state index contributed by atoms with van der Waals surface area (Å²) < 4.78 is 0. The number of carbonyl (C=O) groups excluding carboxylic acids is 1. The maximum absolute atomic E-state index is 11.7. The molecule has 1 unspecified atom stereocenters. The summed E-state index contributed by atoms with van der Waals surface area (Å²) in [4.78, 5) is 14.6.